The zero-order valence-electron chi connectivity index (χ0n) is 9.16. The molecule has 0 fully saturated rings. The highest BCUT2D eigenvalue weighted by Gasteiger charge is 2.39. The number of hydrogen-bond donors (Lipinski definition) is 1. The van der Waals surface area contributed by atoms with Gasteiger partial charge in [0.15, 0.2) is 5.06 Å². The molecule has 17 heavy (non-hydrogen) atoms. The van der Waals surface area contributed by atoms with Gasteiger partial charge in [0.25, 0.3) is 0 Å². The Morgan fingerprint density at radius 2 is 2.24 bits per heavy atom. The van der Waals surface area contributed by atoms with Crippen LogP contribution in [-0.4, -0.2) is 16.1 Å². The summed E-state index contributed by atoms with van der Waals surface area (Å²) in [6, 6.07) is 8.65. The largest absolute Gasteiger partial charge is 0.478 e. The van der Waals surface area contributed by atoms with Gasteiger partial charge in [0.2, 0.25) is 5.60 Å². The zero-order chi connectivity index (χ0) is 12.3. The van der Waals surface area contributed by atoms with Gasteiger partial charge in [-0.25, -0.2) is 4.79 Å². The lowest BCUT2D eigenvalue weighted by Gasteiger charge is -2.24. The van der Waals surface area contributed by atoms with Crippen LogP contribution in [0.1, 0.15) is 12.6 Å². The van der Waals surface area contributed by atoms with Crippen LogP contribution in [0, 0.1) is 0 Å². The van der Waals surface area contributed by atoms with E-state index in [0.29, 0.717) is 10.8 Å². The van der Waals surface area contributed by atoms with Crippen molar-refractivity contribution in [2.75, 3.05) is 0 Å². The van der Waals surface area contributed by atoms with E-state index in [-0.39, 0.29) is 0 Å². The summed E-state index contributed by atoms with van der Waals surface area (Å²) in [5.74, 6) is -1.07. The van der Waals surface area contributed by atoms with Gasteiger partial charge in [0.1, 0.15) is 0 Å². The first-order chi connectivity index (χ1) is 8.13. The first kappa shape index (κ1) is 11.6. The average Bonchev–Trinajstić information content (AvgIpc) is 2.82. The van der Waals surface area contributed by atoms with Crippen LogP contribution in [0.25, 0.3) is 0 Å². The fraction of sp³-hybridized carbons (Fsp3) is 0.167. The number of aliphatic carboxylic acids is 1. The predicted octanol–water partition coefficient (Wildman–Crippen LogP) is 2.52. The van der Waals surface area contributed by atoms with Crippen molar-refractivity contribution < 1.29 is 14.6 Å². The lowest BCUT2D eigenvalue weighted by Crippen LogP contribution is -2.39. The van der Waals surface area contributed by atoms with E-state index in [4.69, 9.17) is 4.74 Å². The molecule has 0 saturated heterocycles. The van der Waals surface area contributed by atoms with E-state index in [9.17, 15) is 9.90 Å². The van der Waals surface area contributed by atoms with Crippen LogP contribution in [-0.2, 0) is 10.4 Å². The Labute approximate surface area is 103 Å². The number of hydrogen-bond acceptors (Lipinski definition) is 4. The summed E-state index contributed by atoms with van der Waals surface area (Å²) in [7, 11) is 0. The summed E-state index contributed by atoms with van der Waals surface area (Å²) in [6.07, 6.45) is 1.55. The molecular formula is C12H11NO3S. The molecule has 1 atom stereocenters. The van der Waals surface area contributed by atoms with Crippen molar-refractivity contribution in [1.82, 2.24) is 4.98 Å². The minimum Gasteiger partial charge on any atom is -0.478 e. The number of pyridine rings is 1. The van der Waals surface area contributed by atoms with E-state index in [0.717, 1.165) is 0 Å². The van der Waals surface area contributed by atoms with Crippen LogP contribution < -0.4 is 4.74 Å². The molecule has 0 aliphatic carbocycles. The standard InChI is InChI=1S/C12H11NO3S/c1-12(11(14)15,9-5-2-3-7-13-9)16-10-6-4-8-17-10/h2-8H,1H3,(H,14,15). The van der Waals surface area contributed by atoms with Crippen molar-refractivity contribution in [3.05, 3.63) is 47.6 Å². The topological polar surface area (TPSA) is 59.4 Å². The molecule has 0 saturated carbocycles. The van der Waals surface area contributed by atoms with E-state index in [1.807, 2.05) is 5.38 Å². The summed E-state index contributed by atoms with van der Waals surface area (Å²) in [6.45, 7) is 1.50. The number of aromatic nitrogens is 1. The highest BCUT2D eigenvalue weighted by molar-refractivity contribution is 7.11. The molecule has 5 heteroatoms. The van der Waals surface area contributed by atoms with Crippen molar-refractivity contribution in [3.8, 4) is 5.06 Å². The number of rotatable bonds is 4. The molecule has 88 valence electrons. The van der Waals surface area contributed by atoms with Crippen LogP contribution in [0.4, 0.5) is 0 Å². The second-order valence-electron chi connectivity index (χ2n) is 3.59. The SMILES string of the molecule is CC(Oc1cccs1)(C(=O)O)c1ccccn1. The van der Waals surface area contributed by atoms with Crippen molar-refractivity contribution >= 4 is 17.3 Å². The third kappa shape index (κ3) is 2.29. The second-order valence-corrected chi connectivity index (χ2v) is 4.50. The molecule has 0 aliphatic heterocycles. The first-order valence-corrected chi connectivity index (χ1v) is 5.88. The fourth-order valence-corrected chi connectivity index (χ4v) is 2.04. The van der Waals surface area contributed by atoms with E-state index >= 15 is 0 Å². The third-order valence-corrected chi connectivity index (χ3v) is 3.11. The van der Waals surface area contributed by atoms with Gasteiger partial charge >= 0.3 is 5.97 Å². The maximum absolute atomic E-state index is 11.4. The van der Waals surface area contributed by atoms with Crippen LogP contribution in [0.3, 0.4) is 0 Å². The summed E-state index contributed by atoms with van der Waals surface area (Å²) in [5, 5.41) is 11.7. The Kier molecular flexibility index (Phi) is 3.10. The van der Waals surface area contributed by atoms with Gasteiger partial charge in [-0.1, -0.05) is 6.07 Å². The minimum absolute atomic E-state index is 0.376. The van der Waals surface area contributed by atoms with Gasteiger partial charge in [0.05, 0.1) is 5.69 Å². The van der Waals surface area contributed by atoms with E-state index in [2.05, 4.69) is 4.98 Å². The minimum atomic E-state index is -1.47. The Balaban J connectivity index is 2.37. The van der Waals surface area contributed by atoms with Crippen molar-refractivity contribution in [1.29, 1.82) is 0 Å². The monoisotopic (exact) mass is 249 g/mol. The van der Waals surface area contributed by atoms with Crippen molar-refractivity contribution in [2.24, 2.45) is 0 Å². The molecule has 2 heterocycles. The van der Waals surface area contributed by atoms with Crippen LogP contribution in [0.5, 0.6) is 5.06 Å². The quantitative estimate of drug-likeness (QED) is 0.904. The molecule has 0 radical (unpaired) electrons. The summed E-state index contributed by atoms with van der Waals surface area (Å²) in [5.41, 5.74) is -1.09. The molecule has 2 aromatic heterocycles. The Morgan fingerprint density at radius 1 is 1.41 bits per heavy atom. The van der Waals surface area contributed by atoms with Gasteiger partial charge in [-0.2, -0.15) is 0 Å². The molecule has 2 rings (SSSR count). The van der Waals surface area contributed by atoms with E-state index < -0.39 is 11.6 Å². The molecule has 1 N–H and O–H groups in total. The molecule has 4 nitrogen and oxygen atoms in total. The maximum Gasteiger partial charge on any atom is 0.354 e. The number of nitrogens with zero attached hydrogens (tertiary/aromatic N) is 1. The molecule has 0 bridgehead atoms. The number of thiophene rings is 1. The molecule has 0 spiro atoms. The molecule has 0 amide bonds. The first-order valence-electron chi connectivity index (χ1n) is 5.00. The zero-order valence-corrected chi connectivity index (χ0v) is 9.98. The maximum atomic E-state index is 11.4. The number of ether oxygens (including phenoxy) is 1. The number of carboxylic acids is 1. The number of carbonyl (C=O) groups is 1. The summed E-state index contributed by atoms with van der Waals surface area (Å²) < 4.78 is 5.55. The van der Waals surface area contributed by atoms with Crippen LogP contribution in [0.2, 0.25) is 0 Å². The third-order valence-electron chi connectivity index (χ3n) is 2.36. The van der Waals surface area contributed by atoms with Crippen LogP contribution in [0.15, 0.2) is 41.9 Å². The lowest BCUT2D eigenvalue weighted by atomic mass is 10.0. The number of carboxylic acid groups (broad SMARTS) is 1. The van der Waals surface area contributed by atoms with Gasteiger partial charge in [-0.05, 0) is 36.6 Å². The Morgan fingerprint density at radius 3 is 2.76 bits per heavy atom. The fourth-order valence-electron chi connectivity index (χ4n) is 1.37. The van der Waals surface area contributed by atoms with Gasteiger partial charge in [-0.15, -0.1) is 11.3 Å². The second kappa shape index (κ2) is 4.55. The normalized spacial score (nSPS) is 13.9. The molecule has 0 aliphatic rings. The smallest absolute Gasteiger partial charge is 0.354 e. The lowest BCUT2D eigenvalue weighted by molar-refractivity contribution is -0.154. The Bertz CT molecular complexity index is 498. The Hall–Kier alpha value is -1.88. The van der Waals surface area contributed by atoms with E-state index in [1.54, 1.807) is 36.5 Å². The molecular weight excluding hydrogens is 238 g/mol. The molecule has 0 aromatic carbocycles. The van der Waals surface area contributed by atoms with E-state index in [1.165, 1.54) is 18.3 Å². The highest BCUT2D eigenvalue weighted by Crippen LogP contribution is 2.30. The van der Waals surface area contributed by atoms with Gasteiger partial charge in [-0.3, -0.25) is 4.98 Å². The highest BCUT2D eigenvalue weighted by atomic mass is 32.1. The average molecular weight is 249 g/mol. The predicted molar refractivity (Wildman–Crippen MR) is 64.2 cm³/mol. The van der Waals surface area contributed by atoms with Crippen molar-refractivity contribution in [2.45, 2.75) is 12.5 Å². The summed E-state index contributed by atoms with van der Waals surface area (Å²) in [4.78, 5) is 15.4. The molecule has 1 unspecified atom stereocenters. The summed E-state index contributed by atoms with van der Waals surface area (Å²) >= 11 is 1.35. The van der Waals surface area contributed by atoms with Crippen molar-refractivity contribution in [3.63, 3.8) is 0 Å². The van der Waals surface area contributed by atoms with Gasteiger partial charge in [0, 0.05) is 6.20 Å². The molecule has 2 aromatic rings. The van der Waals surface area contributed by atoms with Gasteiger partial charge < -0.3 is 9.84 Å². The van der Waals surface area contributed by atoms with Crippen LogP contribution >= 0.6 is 11.3 Å².